The first kappa shape index (κ1) is 8.90. The first-order valence-electron chi connectivity index (χ1n) is 1.80. The number of ether oxygens (including phenoxy) is 1. The van der Waals surface area contributed by atoms with Gasteiger partial charge in [0.25, 0.3) is 6.26 Å². The average molecular weight is 186 g/mol. The molecule has 0 aliphatic heterocycles. The van der Waals surface area contributed by atoms with Gasteiger partial charge in [-0.15, -0.1) is 5.26 Å². The molecule has 0 radical (unpaired) electrons. The van der Waals surface area contributed by atoms with Crippen molar-refractivity contribution in [1.29, 1.82) is 5.26 Å². The Morgan fingerprint density at radius 2 is 2.00 bits per heavy atom. The molecule has 0 aromatic carbocycles. The average Bonchev–Trinajstić information content (AvgIpc) is 1.64. The van der Waals surface area contributed by atoms with Crippen LogP contribution in [-0.2, 0) is 4.74 Å². The SMILES string of the molecule is C=C(OC#N)C(Cl)(Cl)Cl. The number of nitrogens with zero attached hydrogens (tertiary/aromatic N) is 1. The molecule has 0 aliphatic rings. The summed E-state index contributed by atoms with van der Waals surface area (Å²) in [6.07, 6.45) is 1.32. The lowest BCUT2D eigenvalue weighted by atomic mass is 10.6. The lowest BCUT2D eigenvalue weighted by Gasteiger charge is -2.08. The summed E-state index contributed by atoms with van der Waals surface area (Å²) in [4.78, 5) is 0. The van der Waals surface area contributed by atoms with Gasteiger partial charge in [0, 0.05) is 0 Å². The molecule has 0 saturated heterocycles. The summed E-state index contributed by atoms with van der Waals surface area (Å²) in [5, 5.41) is 7.89. The van der Waals surface area contributed by atoms with E-state index in [1.807, 2.05) is 0 Å². The van der Waals surface area contributed by atoms with Crippen LogP contribution in [-0.4, -0.2) is 3.79 Å². The standard InChI is InChI=1S/C4H2Cl3NO/c1-3(9-2-8)4(5,6)7/h1H2. The molecule has 0 aliphatic carbocycles. The third kappa shape index (κ3) is 3.47. The molecule has 0 spiro atoms. The molecule has 0 heterocycles. The van der Waals surface area contributed by atoms with Crippen LogP contribution in [0.5, 0.6) is 0 Å². The molecule has 0 rings (SSSR count). The molecule has 2 nitrogen and oxygen atoms in total. The Hall–Kier alpha value is -0.100. The van der Waals surface area contributed by atoms with Crippen molar-refractivity contribution >= 4 is 34.8 Å². The van der Waals surface area contributed by atoms with Crippen LogP contribution >= 0.6 is 34.8 Å². The second-order valence-corrected chi connectivity index (χ2v) is 3.40. The maximum absolute atomic E-state index is 7.89. The van der Waals surface area contributed by atoms with Crippen molar-refractivity contribution in [3.63, 3.8) is 0 Å². The van der Waals surface area contributed by atoms with E-state index in [4.69, 9.17) is 40.1 Å². The Morgan fingerprint density at radius 1 is 1.56 bits per heavy atom. The molecule has 0 atom stereocenters. The van der Waals surface area contributed by atoms with Crippen molar-refractivity contribution in [2.24, 2.45) is 0 Å². The first-order valence-corrected chi connectivity index (χ1v) is 2.94. The van der Waals surface area contributed by atoms with E-state index in [-0.39, 0.29) is 5.76 Å². The molecule has 0 unspecified atom stereocenters. The van der Waals surface area contributed by atoms with E-state index in [1.165, 1.54) is 6.26 Å². The lowest BCUT2D eigenvalue weighted by Crippen LogP contribution is -2.06. The van der Waals surface area contributed by atoms with Crippen LogP contribution in [0, 0.1) is 11.5 Å². The van der Waals surface area contributed by atoms with Crippen molar-refractivity contribution < 1.29 is 4.74 Å². The molecule has 50 valence electrons. The zero-order chi connectivity index (χ0) is 7.49. The summed E-state index contributed by atoms with van der Waals surface area (Å²) in [6, 6.07) is 0. The molecular weight excluding hydrogens is 184 g/mol. The molecule has 0 amide bonds. The van der Waals surface area contributed by atoms with Gasteiger partial charge in [0.05, 0.1) is 0 Å². The van der Waals surface area contributed by atoms with Gasteiger partial charge < -0.3 is 4.74 Å². The summed E-state index contributed by atoms with van der Waals surface area (Å²) < 4.78 is 2.41. The topological polar surface area (TPSA) is 33.0 Å². The minimum atomic E-state index is -1.71. The highest BCUT2D eigenvalue weighted by Gasteiger charge is 2.26. The molecule has 0 aromatic heterocycles. The van der Waals surface area contributed by atoms with Crippen molar-refractivity contribution in [3.8, 4) is 6.26 Å². The minimum absolute atomic E-state index is 0.199. The molecule has 0 bridgehead atoms. The van der Waals surface area contributed by atoms with Gasteiger partial charge in [-0.2, -0.15) is 0 Å². The van der Waals surface area contributed by atoms with Crippen LogP contribution in [0.25, 0.3) is 0 Å². The van der Waals surface area contributed by atoms with Crippen molar-refractivity contribution in [2.75, 3.05) is 0 Å². The molecule has 9 heavy (non-hydrogen) atoms. The zero-order valence-corrected chi connectivity index (χ0v) is 6.46. The fraction of sp³-hybridized carbons (Fsp3) is 0.250. The second kappa shape index (κ2) is 3.17. The van der Waals surface area contributed by atoms with E-state index in [9.17, 15) is 0 Å². The van der Waals surface area contributed by atoms with Gasteiger partial charge in [-0.05, 0) is 0 Å². The fourth-order valence-electron chi connectivity index (χ4n) is 0.113. The zero-order valence-electron chi connectivity index (χ0n) is 4.20. The smallest absolute Gasteiger partial charge is 0.292 e. The lowest BCUT2D eigenvalue weighted by molar-refractivity contribution is 0.369. The third-order valence-electron chi connectivity index (χ3n) is 0.485. The Morgan fingerprint density at radius 3 is 2.11 bits per heavy atom. The molecule has 0 aromatic rings. The van der Waals surface area contributed by atoms with E-state index < -0.39 is 3.79 Å². The summed E-state index contributed by atoms with van der Waals surface area (Å²) in [5.41, 5.74) is 0. The van der Waals surface area contributed by atoms with Crippen LogP contribution in [0.2, 0.25) is 0 Å². The highest BCUT2D eigenvalue weighted by Crippen LogP contribution is 2.33. The summed E-state index contributed by atoms with van der Waals surface area (Å²) in [6.45, 7) is 3.18. The summed E-state index contributed by atoms with van der Waals surface area (Å²) in [5.74, 6) is -0.199. The number of nitriles is 1. The second-order valence-electron chi connectivity index (χ2n) is 1.11. The van der Waals surface area contributed by atoms with Gasteiger partial charge in [0.2, 0.25) is 3.79 Å². The molecule has 0 N–H and O–H groups in total. The quantitative estimate of drug-likeness (QED) is 0.358. The van der Waals surface area contributed by atoms with Gasteiger partial charge >= 0.3 is 0 Å². The highest BCUT2D eigenvalue weighted by molar-refractivity contribution is 6.69. The predicted octanol–water partition coefficient (Wildman–Crippen LogP) is 2.37. The van der Waals surface area contributed by atoms with Gasteiger partial charge in [0.1, 0.15) is 0 Å². The van der Waals surface area contributed by atoms with Crippen molar-refractivity contribution in [3.05, 3.63) is 12.3 Å². The number of alkyl halides is 3. The Kier molecular flexibility index (Phi) is 3.13. The number of halogens is 3. The number of hydrogen-bond donors (Lipinski definition) is 0. The Balaban J connectivity index is 3.93. The molecule has 5 heteroatoms. The summed E-state index contributed by atoms with van der Waals surface area (Å²) >= 11 is 15.7. The molecule has 0 saturated carbocycles. The highest BCUT2D eigenvalue weighted by atomic mass is 35.6. The van der Waals surface area contributed by atoms with Gasteiger partial charge in [-0.25, -0.2) is 0 Å². The van der Waals surface area contributed by atoms with Gasteiger partial charge in [-0.1, -0.05) is 41.4 Å². The fourth-order valence-corrected chi connectivity index (χ4v) is 0.229. The molecular formula is C4H2Cl3NO. The van der Waals surface area contributed by atoms with Crippen LogP contribution < -0.4 is 0 Å². The predicted molar refractivity (Wildman–Crippen MR) is 36.1 cm³/mol. The maximum atomic E-state index is 7.89. The van der Waals surface area contributed by atoms with Crippen LogP contribution in [0.3, 0.4) is 0 Å². The normalized spacial score (nSPS) is 10.0. The monoisotopic (exact) mass is 185 g/mol. The van der Waals surface area contributed by atoms with E-state index in [1.54, 1.807) is 0 Å². The maximum Gasteiger partial charge on any atom is 0.292 e. The van der Waals surface area contributed by atoms with Crippen molar-refractivity contribution in [1.82, 2.24) is 0 Å². The largest absolute Gasteiger partial charge is 0.389 e. The van der Waals surface area contributed by atoms with E-state index >= 15 is 0 Å². The van der Waals surface area contributed by atoms with Gasteiger partial charge in [0.15, 0.2) is 5.76 Å². The van der Waals surface area contributed by atoms with Crippen LogP contribution in [0.1, 0.15) is 0 Å². The first-order chi connectivity index (χ1) is 3.98. The number of hydrogen-bond acceptors (Lipinski definition) is 2. The van der Waals surface area contributed by atoms with E-state index in [0.717, 1.165) is 0 Å². The van der Waals surface area contributed by atoms with E-state index in [0.29, 0.717) is 0 Å². The van der Waals surface area contributed by atoms with Gasteiger partial charge in [-0.3, -0.25) is 0 Å². The number of allylic oxidation sites excluding steroid dienone is 1. The molecule has 0 fully saturated rings. The third-order valence-corrected chi connectivity index (χ3v) is 1.12. The van der Waals surface area contributed by atoms with Crippen LogP contribution in [0.15, 0.2) is 12.3 Å². The minimum Gasteiger partial charge on any atom is -0.389 e. The Bertz CT molecular complexity index is 154. The number of rotatable bonds is 1. The van der Waals surface area contributed by atoms with Crippen molar-refractivity contribution in [2.45, 2.75) is 3.79 Å². The Labute approximate surface area is 67.6 Å². The van der Waals surface area contributed by atoms with E-state index in [2.05, 4.69) is 11.3 Å². The van der Waals surface area contributed by atoms with Crippen LogP contribution in [0.4, 0.5) is 0 Å². The summed E-state index contributed by atoms with van der Waals surface area (Å²) in [7, 11) is 0.